The molecule has 152 valence electrons. The normalized spacial score (nSPS) is 12.6. The van der Waals surface area contributed by atoms with Gasteiger partial charge in [0.2, 0.25) is 0 Å². The maximum absolute atomic E-state index is 12.2. The Labute approximate surface area is 179 Å². The van der Waals surface area contributed by atoms with E-state index in [1.54, 1.807) is 30.0 Å². The molecule has 0 bridgehead atoms. The summed E-state index contributed by atoms with van der Waals surface area (Å²) < 4.78 is 6.08. The predicted octanol–water partition coefficient (Wildman–Crippen LogP) is 5.69. The second-order valence-electron chi connectivity index (χ2n) is 7.45. The molecule has 0 unspecified atom stereocenters. The second kappa shape index (κ2) is 8.76. The van der Waals surface area contributed by atoms with Crippen molar-refractivity contribution in [1.29, 1.82) is 0 Å². The van der Waals surface area contributed by atoms with Gasteiger partial charge in [-0.25, -0.2) is 4.79 Å². The minimum absolute atomic E-state index is 0.151. The molecule has 30 heavy (non-hydrogen) atoms. The van der Waals surface area contributed by atoms with E-state index in [4.69, 9.17) is 4.74 Å². The fourth-order valence-corrected chi connectivity index (χ4v) is 4.58. The van der Waals surface area contributed by atoms with Crippen molar-refractivity contribution < 1.29 is 19.4 Å². The SMILES string of the molecule is Cc1cccc(CSc2cc3c(cc2OCc2cccc(C(=O)O)c2)C(=O)CC3)c1. The summed E-state index contributed by atoms with van der Waals surface area (Å²) in [5.74, 6) is 0.661. The molecule has 5 heteroatoms. The van der Waals surface area contributed by atoms with Gasteiger partial charge < -0.3 is 9.84 Å². The first-order chi connectivity index (χ1) is 14.5. The summed E-state index contributed by atoms with van der Waals surface area (Å²) in [7, 11) is 0. The quantitative estimate of drug-likeness (QED) is 0.499. The second-order valence-corrected chi connectivity index (χ2v) is 8.47. The van der Waals surface area contributed by atoms with Gasteiger partial charge in [-0.2, -0.15) is 0 Å². The third-order valence-corrected chi connectivity index (χ3v) is 6.24. The van der Waals surface area contributed by atoms with Crippen molar-refractivity contribution in [1.82, 2.24) is 0 Å². The van der Waals surface area contributed by atoms with Gasteiger partial charge in [0.15, 0.2) is 5.78 Å². The molecule has 0 radical (unpaired) electrons. The van der Waals surface area contributed by atoms with Crippen LogP contribution in [-0.4, -0.2) is 16.9 Å². The highest BCUT2D eigenvalue weighted by molar-refractivity contribution is 7.98. The summed E-state index contributed by atoms with van der Waals surface area (Å²) in [5.41, 5.74) is 5.28. The molecule has 1 aliphatic carbocycles. The van der Waals surface area contributed by atoms with Crippen LogP contribution in [0.2, 0.25) is 0 Å². The number of Topliss-reactive ketones (excluding diaryl/α,β-unsaturated/α-hetero) is 1. The van der Waals surface area contributed by atoms with Crippen molar-refractivity contribution in [3.05, 3.63) is 94.0 Å². The highest BCUT2D eigenvalue weighted by Crippen LogP contribution is 2.37. The van der Waals surface area contributed by atoms with Gasteiger partial charge in [0.1, 0.15) is 12.4 Å². The molecular formula is C25H22O4S. The molecule has 0 fully saturated rings. The molecule has 3 aromatic carbocycles. The summed E-state index contributed by atoms with van der Waals surface area (Å²) in [6, 6.07) is 19.1. The Morgan fingerprint density at radius 3 is 2.63 bits per heavy atom. The number of carboxylic acid groups (broad SMARTS) is 1. The maximum atomic E-state index is 12.2. The lowest BCUT2D eigenvalue weighted by Crippen LogP contribution is -2.02. The van der Waals surface area contributed by atoms with E-state index in [-0.39, 0.29) is 18.0 Å². The van der Waals surface area contributed by atoms with Gasteiger partial charge in [-0.15, -0.1) is 11.8 Å². The average molecular weight is 419 g/mol. The van der Waals surface area contributed by atoms with Gasteiger partial charge in [0.25, 0.3) is 0 Å². The molecule has 0 atom stereocenters. The number of aromatic carboxylic acids is 1. The predicted molar refractivity (Wildman–Crippen MR) is 118 cm³/mol. The van der Waals surface area contributed by atoms with E-state index < -0.39 is 5.97 Å². The Kier molecular flexibility index (Phi) is 5.91. The number of ketones is 1. The largest absolute Gasteiger partial charge is 0.488 e. The Bertz CT molecular complexity index is 1120. The monoisotopic (exact) mass is 418 g/mol. The van der Waals surface area contributed by atoms with Crippen molar-refractivity contribution in [2.24, 2.45) is 0 Å². The Morgan fingerprint density at radius 2 is 1.83 bits per heavy atom. The molecule has 0 heterocycles. The summed E-state index contributed by atoms with van der Waals surface area (Å²) in [6.45, 7) is 2.32. The standard InChI is InChI=1S/C25H22O4S/c1-16-4-2-6-18(10-16)15-30-24-12-19-8-9-22(26)21(19)13-23(24)29-14-17-5-3-7-20(11-17)25(27)28/h2-7,10-13H,8-9,14-15H2,1H3,(H,27,28). The number of carboxylic acids is 1. The molecule has 4 rings (SSSR count). The van der Waals surface area contributed by atoms with Crippen LogP contribution in [0.5, 0.6) is 5.75 Å². The van der Waals surface area contributed by atoms with E-state index in [9.17, 15) is 14.7 Å². The van der Waals surface area contributed by atoms with Gasteiger partial charge in [-0.05, 0) is 54.3 Å². The van der Waals surface area contributed by atoms with Crippen LogP contribution in [-0.2, 0) is 18.8 Å². The first kappa shape index (κ1) is 20.2. The van der Waals surface area contributed by atoms with E-state index in [0.717, 1.165) is 33.8 Å². The topological polar surface area (TPSA) is 63.6 Å². The Hall–Kier alpha value is -3.05. The van der Waals surface area contributed by atoms with Crippen LogP contribution in [0.1, 0.15) is 49.4 Å². The summed E-state index contributed by atoms with van der Waals surface area (Å²) >= 11 is 1.69. The lowest BCUT2D eigenvalue weighted by atomic mass is 10.1. The zero-order valence-corrected chi connectivity index (χ0v) is 17.5. The molecule has 0 amide bonds. The average Bonchev–Trinajstić information content (AvgIpc) is 3.10. The lowest BCUT2D eigenvalue weighted by molar-refractivity contribution is 0.0696. The molecule has 4 nitrogen and oxygen atoms in total. The molecule has 1 N–H and O–H groups in total. The molecule has 0 saturated carbocycles. The number of benzene rings is 3. The number of fused-ring (bicyclic) bond motifs is 1. The van der Waals surface area contributed by atoms with Gasteiger partial charge in [-0.1, -0.05) is 42.0 Å². The van der Waals surface area contributed by atoms with Crippen molar-refractivity contribution in [2.45, 2.75) is 37.0 Å². The van der Waals surface area contributed by atoms with E-state index >= 15 is 0 Å². The number of rotatable bonds is 7. The molecule has 0 spiro atoms. The Morgan fingerprint density at radius 1 is 1.03 bits per heavy atom. The first-order valence-corrected chi connectivity index (χ1v) is 10.8. The fourth-order valence-electron chi connectivity index (χ4n) is 3.60. The van der Waals surface area contributed by atoms with Crippen LogP contribution in [0.15, 0.2) is 65.6 Å². The van der Waals surface area contributed by atoms with Crippen molar-refractivity contribution >= 4 is 23.5 Å². The third kappa shape index (κ3) is 4.57. The van der Waals surface area contributed by atoms with Gasteiger partial charge in [0, 0.05) is 17.7 Å². The van der Waals surface area contributed by atoms with Gasteiger partial charge in [0.05, 0.1) is 10.5 Å². The van der Waals surface area contributed by atoms with E-state index in [1.165, 1.54) is 11.1 Å². The van der Waals surface area contributed by atoms with Crippen molar-refractivity contribution in [2.75, 3.05) is 0 Å². The highest BCUT2D eigenvalue weighted by Gasteiger charge is 2.22. The summed E-state index contributed by atoms with van der Waals surface area (Å²) in [5, 5.41) is 9.19. The van der Waals surface area contributed by atoms with E-state index in [0.29, 0.717) is 12.2 Å². The van der Waals surface area contributed by atoms with Crippen LogP contribution in [0.25, 0.3) is 0 Å². The van der Waals surface area contributed by atoms with Crippen molar-refractivity contribution in [3.8, 4) is 5.75 Å². The molecule has 1 aliphatic rings. The third-order valence-electron chi connectivity index (χ3n) is 5.14. The van der Waals surface area contributed by atoms with Crippen LogP contribution in [0, 0.1) is 6.92 Å². The van der Waals surface area contributed by atoms with Gasteiger partial charge >= 0.3 is 5.97 Å². The summed E-state index contributed by atoms with van der Waals surface area (Å²) in [4.78, 5) is 24.4. The molecule has 0 saturated heterocycles. The molecule has 0 aliphatic heterocycles. The fraction of sp³-hybridized carbons (Fsp3) is 0.200. The maximum Gasteiger partial charge on any atom is 0.335 e. The smallest absolute Gasteiger partial charge is 0.335 e. The minimum Gasteiger partial charge on any atom is -0.488 e. The van der Waals surface area contributed by atoms with Crippen molar-refractivity contribution in [3.63, 3.8) is 0 Å². The minimum atomic E-state index is -0.964. The van der Waals surface area contributed by atoms with Crippen LogP contribution in [0.4, 0.5) is 0 Å². The number of carbonyl (C=O) groups excluding carboxylic acids is 1. The number of ether oxygens (including phenoxy) is 1. The number of carbonyl (C=O) groups is 2. The zero-order valence-electron chi connectivity index (χ0n) is 16.7. The summed E-state index contributed by atoms with van der Waals surface area (Å²) in [6.07, 6.45) is 1.31. The van der Waals surface area contributed by atoms with Crippen LogP contribution >= 0.6 is 11.8 Å². The molecule has 3 aromatic rings. The van der Waals surface area contributed by atoms with Crippen LogP contribution < -0.4 is 4.74 Å². The van der Waals surface area contributed by atoms with E-state index in [1.807, 2.05) is 12.1 Å². The number of thioether (sulfide) groups is 1. The van der Waals surface area contributed by atoms with Crippen LogP contribution in [0.3, 0.4) is 0 Å². The molecule has 0 aromatic heterocycles. The lowest BCUT2D eigenvalue weighted by Gasteiger charge is -2.14. The molecular weight excluding hydrogens is 396 g/mol. The van der Waals surface area contributed by atoms with Gasteiger partial charge in [-0.3, -0.25) is 4.79 Å². The number of hydrogen-bond acceptors (Lipinski definition) is 4. The number of aryl methyl sites for hydroxylation is 2. The van der Waals surface area contributed by atoms with E-state index in [2.05, 4.69) is 37.3 Å². The zero-order chi connectivity index (χ0) is 21.1. The Balaban J connectivity index is 1.57. The number of hydrogen-bond donors (Lipinski definition) is 1. The first-order valence-electron chi connectivity index (χ1n) is 9.83. The highest BCUT2D eigenvalue weighted by atomic mass is 32.2.